The molecule has 0 saturated carbocycles. The number of halogens is 3. The minimum Gasteiger partial charge on any atom is -0.381 e. The van der Waals surface area contributed by atoms with E-state index < -0.39 is 11.7 Å². The van der Waals surface area contributed by atoms with Crippen molar-refractivity contribution in [3.63, 3.8) is 0 Å². The van der Waals surface area contributed by atoms with Crippen LogP contribution < -0.4 is 4.90 Å². The van der Waals surface area contributed by atoms with Crippen LogP contribution in [0.2, 0.25) is 0 Å². The second-order valence-corrected chi connectivity index (χ2v) is 7.51. The Morgan fingerprint density at radius 2 is 1.93 bits per heavy atom. The average molecular weight is 384 g/mol. The Morgan fingerprint density at radius 1 is 1.22 bits per heavy atom. The third-order valence-electron chi connectivity index (χ3n) is 5.75. The van der Waals surface area contributed by atoms with Crippen molar-refractivity contribution in [1.29, 1.82) is 0 Å². The minimum atomic E-state index is -4.36. The fourth-order valence-electron chi connectivity index (χ4n) is 4.00. The number of alkyl halides is 3. The molecule has 0 bridgehead atoms. The molecule has 1 atom stereocenters. The summed E-state index contributed by atoms with van der Waals surface area (Å²) in [4.78, 5) is 16.0. The zero-order valence-corrected chi connectivity index (χ0v) is 15.7. The predicted octanol–water partition coefficient (Wildman–Crippen LogP) is 3.95. The number of hydrogen-bond acceptors (Lipinski definition) is 3. The number of carbonyl (C=O) groups is 1. The monoisotopic (exact) mass is 384 g/mol. The summed E-state index contributed by atoms with van der Waals surface area (Å²) in [6.45, 7) is 2.57. The van der Waals surface area contributed by atoms with Crippen molar-refractivity contribution in [2.24, 2.45) is 5.92 Å². The molecule has 0 radical (unpaired) electrons. The molecule has 0 aromatic heterocycles. The first-order valence-electron chi connectivity index (χ1n) is 9.61. The van der Waals surface area contributed by atoms with E-state index in [9.17, 15) is 18.0 Å². The molecule has 2 saturated heterocycles. The summed E-state index contributed by atoms with van der Waals surface area (Å²) in [6, 6.07) is 5.80. The molecule has 27 heavy (non-hydrogen) atoms. The molecule has 1 aromatic rings. The van der Waals surface area contributed by atoms with Gasteiger partial charge < -0.3 is 14.5 Å². The van der Waals surface area contributed by atoms with Crippen LogP contribution in [-0.4, -0.2) is 50.2 Å². The van der Waals surface area contributed by atoms with Crippen molar-refractivity contribution >= 4 is 11.6 Å². The second kappa shape index (κ2) is 8.50. The maximum atomic E-state index is 13.2. The number of amides is 1. The standard InChI is InChI=1S/C20H27F3N2O2/c1-24(19(26)7-6-15-10-13-27-14-15)16-8-11-25(12-9-16)18-5-3-2-4-17(18)20(21,22)23/h2-5,15-16H,6-14H2,1H3. The lowest BCUT2D eigenvalue weighted by molar-refractivity contribution is -0.137. The van der Waals surface area contributed by atoms with E-state index >= 15 is 0 Å². The SMILES string of the molecule is CN(C(=O)CCC1CCOC1)C1CCN(c2ccccc2C(F)(F)F)CC1. The molecule has 0 aliphatic carbocycles. The summed E-state index contributed by atoms with van der Waals surface area (Å²) >= 11 is 0. The van der Waals surface area contributed by atoms with Crippen LogP contribution in [0.3, 0.4) is 0 Å². The van der Waals surface area contributed by atoms with Crippen LogP contribution >= 0.6 is 0 Å². The summed E-state index contributed by atoms with van der Waals surface area (Å²) < 4.78 is 45.1. The van der Waals surface area contributed by atoms with Crippen LogP contribution in [0.5, 0.6) is 0 Å². The van der Waals surface area contributed by atoms with E-state index in [4.69, 9.17) is 4.74 Å². The molecule has 2 heterocycles. The normalized spacial score (nSPS) is 21.5. The highest BCUT2D eigenvalue weighted by Crippen LogP contribution is 2.37. The molecule has 4 nitrogen and oxygen atoms in total. The Hall–Kier alpha value is -1.76. The molecule has 7 heteroatoms. The summed E-state index contributed by atoms with van der Waals surface area (Å²) in [5.41, 5.74) is -0.356. The largest absolute Gasteiger partial charge is 0.418 e. The molecule has 0 spiro atoms. The van der Waals surface area contributed by atoms with Crippen molar-refractivity contribution < 1.29 is 22.7 Å². The van der Waals surface area contributed by atoms with E-state index in [1.165, 1.54) is 12.1 Å². The van der Waals surface area contributed by atoms with Gasteiger partial charge in [0.2, 0.25) is 5.91 Å². The molecule has 1 aromatic carbocycles. The number of carbonyl (C=O) groups excluding carboxylic acids is 1. The topological polar surface area (TPSA) is 32.8 Å². The van der Waals surface area contributed by atoms with Gasteiger partial charge in [0.25, 0.3) is 0 Å². The zero-order valence-electron chi connectivity index (χ0n) is 15.7. The lowest BCUT2D eigenvalue weighted by Gasteiger charge is -2.38. The Bertz CT molecular complexity index is 636. The van der Waals surface area contributed by atoms with Gasteiger partial charge in [-0.3, -0.25) is 4.79 Å². The summed E-state index contributed by atoms with van der Waals surface area (Å²) in [6.07, 6.45) is -0.608. The Balaban J connectivity index is 1.53. The van der Waals surface area contributed by atoms with Crippen molar-refractivity contribution in [3.8, 4) is 0 Å². The number of ether oxygens (including phenoxy) is 1. The Kier molecular flexibility index (Phi) is 6.29. The van der Waals surface area contributed by atoms with Gasteiger partial charge in [-0.25, -0.2) is 0 Å². The van der Waals surface area contributed by atoms with Crippen LogP contribution in [0, 0.1) is 5.92 Å². The van der Waals surface area contributed by atoms with Crippen LogP contribution in [0.15, 0.2) is 24.3 Å². The van der Waals surface area contributed by atoms with E-state index in [1.54, 1.807) is 15.9 Å². The molecule has 2 fully saturated rings. The van der Waals surface area contributed by atoms with Gasteiger partial charge in [0.1, 0.15) is 0 Å². The van der Waals surface area contributed by atoms with E-state index in [0.717, 1.165) is 32.1 Å². The van der Waals surface area contributed by atoms with Gasteiger partial charge >= 0.3 is 6.18 Å². The maximum Gasteiger partial charge on any atom is 0.418 e. The van der Waals surface area contributed by atoms with Gasteiger partial charge in [0, 0.05) is 51.5 Å². The molecule has 3 rings (SSSR count). The van der Waals surface area contributed by atoms with Crippen molar-refractivity contribution in [3.05, 3.63) is 29.8 Å². The molecule has 1 amide bonds. The third-order valence-corrected chi connectivity index (χ3v) is 5.75. The first-order valence-corrected chi connectivity index (χ1v) is 9.61. The Labute approximate surface area is 158 Å². The highest BCUT2D eigenvalue weighted by Gasteiger charge is 2.35. The van der Waals surface area contributed by atoms with Crippen molar-refractivity contribution in [1.82, 2.24) is 4.90 Å². The molecular weight excluding hydrogens is 357 g/mol. The van der Waals surface area contributed by atoms with E-state index in [1.807, 2.05) is 7.05 Å². The van der Waals surface area contributed by atoms with Gasteiger partial charge in [0.15, 0.2) is 0 Å². The molecule has 2 aliphatic rings. The van der Waals surface area contributed by atoms with Crippen LogP contribution in [0.4, 0.5) is 18.9 Å². The van der Waals surface area contributed by atoms with Gasteiger partial charge in [-0.05, 0) is 43.7 Å². The average Bonchev–Trinajstić information content (AvgIpc) is 3.18. The number of hydrogen-bond donors (Lipinski definition) is 0. The molecule has 0 N–H and O–H groups in total. The van der Waals surface area contributed by atoms with Crippen molar-refractivity contribution in [2.75, 3.05) is 38.3 Å². The molecular formula is C20H27F3N2O2. The van der Waals surface area contributed by atoms with Crippen LogP contribution in [0.25, 0.3) is 0 Å². The highest BCUT2D eigenvalue weighted by molar-refractivity contribution is 5.76. The zero-order chi connectivity index (χ0) is 19.4. The number of nitrogens with zero attached hydrogens (tertiary/aromatic N) is 2. The number of piperidine rings is 1. The highest BCUT2D eigenvalue weighted by atomic mass is 19.4. The summed E-state index contributed by atoms with van der Waals surface area (Å²) in [5.74, 6) is 0.596. The molecule has 1 unspecified atom stereocenters. The molecule has 2 aliphatic heterocycles. The Morgan fingerprint density at radius 3 is 2.56 bits per heavy atom. The fraction of sp³-hybridized carbons (Fsp3) is 0.650. The lowest BCUT2D eigenvalue weighted by Crippen LogP contribution is -2.46. The number of benzene rings is 1. The maximum absolute atomic E-state index is 13.2. The quantitative estimate of drug-likeness (QED) is 0.771. The van der Waals surface area contributed by atoms with Gasteiger partial charge in [-0.15, -0.1) is 0 Å². The third kappa shape index (κ3) is 4.94. The fourth-order valence-corrected chi connectivity index (χ4v) is 4.00. The number of rotatable bonds is 5. The first-order chi connectivity index (χ1) is 12.9. The number of anilines is 1. The predicted molar refractivity (Wildman–Crippen MR) is 97.6 cm³/mol. The van der Waals surface area contributed by atoms with E-state index in [2.05, 4.69) is 0 Å². The van der Waals surface area contributed by atoms with Crippen LogP contribution in [0.1, 0.15) is 37.7 Å². The molecule has 150 valence electrons. The van der Waals surface area contributed by atoms with E-state index in [0.29, 0.717) is 38.3 Å². The summed E-state index contributed by atoms with van der Waals surface area (Å²) in [7, 11) is 1.82. The minimum absolute atomic E-state index is 0.0895. The van der Waals surface area contributed by atoms with E-state index in [-0.39, 0.29) is 17.6 Å². The van der Waals surface area contributed by atoms with Gasteiger partial charge in [-0.1, -0.05) is 12.1 Å². The van der Waals surface area contributed by atoms with Crippen molar-refractivity contribution in [2.45, 2.75) is 44.3 Å². The summed E-state index contributed by atoms with van der Waals surface area (Å²) in [5, 5.41) is 0. The smallest absolute Gasteiger partial charge is 0.381 e. The van der Waals surface area contributed by atoms with Gasteiger partial charge in [-0.2, -0.15) is 13.2 Å². The first kappa shape index (κ1) is 20.0. The lowest BCUT2D eigenvalue weighted by atomic mass is 9.99. The second-order valence-electron chi connectivity index (χ2n) is 7.51. The van der Waals surface area contributed by atoms with Gasteiger partial charge in [0.05, 0.1) is 5.56 Å². The number of para-hydroxylation sites is 1. The van der Waals surface area contributed by atoms with Crippen LogP contribution in [-0.2, 0) is 15.7 Å².